The first-order valence-electron chi connectivity index (χ1n) is 7.71. The van der Waals surface area contributed by atoms with Crippen molar-refractivity contribution < 1.29 is 4.74 Å². The van der Waals surface area contributed by atoms with Crippen molar-refractivity contribution >= 4 is 0 Å². The van der Waals surface area contributed by atoms with Gasteiger partial charge in [0.2, 0.25) is 0 Å². The molecular formula is C15H30N2O. The summed E-state index contributed by atoms with van der Waals surface area (Å²) < 4.78 is 5.64. The highest BCUT2D eigenvalue weighted by Gasteiger charge is 2.25. The van der Waals surface area contributed by atoms with Gasteiger partial charge in [0, 0.05) is 38.8 Å². The Labute approximate surface area is 112 Å². The van der Waals surface area contributed by atoms with Crippen molar-refractivity contribution in [2.24, 2.45) is 11.8 Å². The predicted molar refractivity (Wildman–Crippen MR) is 75.8 cm³/mol. The minimum atomic E-state index is 0.469. The summed E-state index contributed by atoms with van der Waals surface area (Å²) in [5.74, 6) is 1.71. The lowest BCUT2D eigenvalue weighted by Crippen LogP contribution is -2.48. The molecule has 18 heavy (non-hydrogen) atoms. The zero-order valence-electron chi connectivity index (χ0n) is 12.3. The Morgan fingerprint density at radius 2 is 2.00 bits per heavy atom. The smallest absolute Gasteiger partial charge is 0.0700 e. The van der Waals surface area contributed by atoms with E-state index in [-0.39, 0.29) is 0 Å². The fourth-order valence-corrected chi connectivity index (χ4v) is 3.46. The third kappa shape index (κ3) is 4.22. The van der Waals surface area contributed by atoms with Gasteiger partial charge in [0.05, 0.1) is 6.10 Å². The average Bonchev–Trinajstić information content (AvgIpc) is 2.80. The zero-order valence-corrected chi connectivity index (χ0v) is 12.3. The zero-order chi connectivity index (χ0) is 13.0. The van der Waals surface area contributed by atoms with Gasteiger partial charge in [-0.25, -0.2) is 0 Å². The molecule has 0 radical (unpaired) electrons. The van der Waals surface area contributed by atoms with E-state index in [1.165, 1.54) is 32.4 Å². The van der Waals surface area contributed by atoms with Gasteiger partial charge in [0.25, 0.3) is 0 Å². The first-order chi connectivity index (χ1) is 8.65. The maximum atomic E-state index is 5.64. The quantitative estimate of drug-likeness (QED) is 0.813. The number of hydrogen-bond donors (Lipinski definition) is 1. The fourth-order valence-electron chi connectivity index (χ4n) is 3.46. The van der Waals surface area contributed by atoms with Crippen molar-refractivity contribution in [3.8, 4) is 0 Å². The summed E-state index contributed by atoms with van der Waals surface area (Å²) in [6.07, 6.45) is 4.34. The van der Waals surface area contributed by atoms with Crippen LogP contribution >= 0.6 is 0 Å². The van der Waals surface area contributed by atoms with Gasteiger partial charge in [0.1, 0.15) is 0 Å². The summed E-state index contributed by atoms with van der Waals surface area (Å²) in [5, 5.41) is 3.59. The summed E-state index contributed by atoms with van der Waals surface area (Å²) in [7, 11) is 0. The number of hydrogen-bond acceptors (Lipinski definition) is 3. The Hall–Kier alpha value is -0.120. The van der Waals surface area contributed by atoms with Crippen molar-refractivity contribution in [3.63, 3.8) is 0 Å². The van der Waals surface area contributed by atoms with Crippen LogP contribution in [0.1, 0.15) is 40.0 Å². The molecule has 2 aliphatic heterocycles. The monoisotopic (exact) mass is 254 g/mol. The summed E-state index contributed by atoms with van der Waals surface area (Å²) in [5.41, 5.74) is 0. The number of ether oxygens (including phenoxy) is 1. The van der Waals surface area contributed by atoms with Gasteiger partial charge in [0.15, 0.2) is 0 Å². The van der Waals surface area contributed by atoms with Crippen LogP contribution in [0.25, 0.3) is 0 Å². The molecule has 4 atom stereocenters. The molecule has 0 amide bonds. The van der Waals surface area contributed by atoms with Crippen LogP contribution in [0.3, 0.4) is 0 Å². The molecule has 2 heterocycles. The number of likely N-dealkylation sites (tertiary alicyclic amines) is 1. The highest BCUT2D eigenvalue weighted by Crippen LogP contribution is 2.22. The molecule has 0 aromatic carbocycles. The first-order valence-corrected chi connectivity index (χ1v) is 7.71. The lowest BCUT2D eigenvalue weighted by molar-refractivity contribution is 0.0907. The number of nitrogens with zero attached hydrogens (tertiary/aromatic N) is 1. The minimum absolute atomic E-state index is 0.469. The second-order valence-electron chi connectivity index (χ2n) is 6.54. The van der Waals surface area contributed by atoms with E-state index in [0.717, 1.165) is 31.5 Å². The van der Waals surface area contributed by atoms with Crippen LogP contribution in [0.5, 0.6) is 0 Å². The van der Waals surface area contributed by atoms with Gasteiger partial charge in [-0.05, 0) is 38.0 Å². The molecule has 2 rings (SSSR count). The van der Waals surface area contributed by atoms with Gasteiger partial charge >= 0.3 is 0 Å². The van der Waals surface area contributed by atoms with Crippen LogP contribution in [0.4, 0.5) is 0 Å². The van der Waals surface area contributed by atoms with Crippen LogP contribution in [-0.4, -0.2) is 49.8 Å². The molecule has 2 fully saturated rings. The Morgan fingerprint density at radius 3 is 2.61 bits per heavy atom. The minimum Gasteiger partial charge on any atom is -0.377 e. The maximum absolute atomic E-state index is 5.64. The van der Waals surface area contributed by atoms with Gasteiger partial charge in [-0.2, -0.15) is 0 Å². The third-order valence-corrected chi connectivity index (χ3v) is 4.36. The van der Waals surface area contributed by atoms with E-state index in [4.69, 9.17) is 4.74 Å². The Balaban J connectivity index is 1.65. The van der Waals surface area contributed by atoms with Crippen LogP contribution in [-0.2, 0) is 4.74 Å². The molecule has 4 unspecified atom stereocenters. The molecule has 0 saturated carbocycles. The molecule has 3 nitrogen and oxygen atoms in total. The molecule has 2 aliphatic rings. The van der Waals surface area contributed by atoms with E-state index in [1.54, 1.807) is 0 Å². The summed E-state index contributed by atoms with van der Waals surface area (Å²) in [4.78, 5) is 2.65. The second-order valence-corrected chi connectivity index (χ2v) is 6.54. The molecule has 0 aromatic heterocycles. The van der Waals surface area contributed by atoms with Gasteiger partial charge < -0.3 is 10.1 Å². The molecule has 0 aromatic rings. The van der Waals surface area contributed by atoms with Crippen molar-refractivity contribution in [2.45, 2.75) is 52.2 Å². The number of piperidine rings is 1. The predicted octanol–water partition coefficient (Wildman–Crippen LogP) is 2.12. The summed E-state index contributed by atoms with van der Waals surface area (Å²) in [6, 6.07) is 0.650. The number of nitrogens with one attached hydrogen (secondary N) is 1. The topological polar surface area (TPSA) is 24.5 Å². The fraction of sp³-hybridized carbons (Fsp3) is 1.00. The SMILES string of the molecule is CC1CC(C)CN(C(C)CNCC2CCCO2)C1. The second kappa shape index (κ2) is 6.88. The Kier molecular flexibility index (Phi) is 5.46. The molecule has 3 heteroatoms. The lowest BCUT2D eigenvalue weighted by atomic mass is 9.91. The van der Waals surface area contributed by atoms with Gasteiger partial charge in [-0.1, -0.05) is 13.8 Å². The first kappa shape index (κ1) is 14.3. The highest BCUT2D eigenvalue weighted by molar-refractivity contribution is 4.80. The van der Waals surface area contributed by atoms with E-state index in [0.29, 0.717) is 12.1 Å². The molecule has 106 valence electrons. The van der Waals surface area contributed by atoms with E-state index < -0.39 is 0 Å². The van der Waals surface area contributed by atoms with Crippen molar-refractivity contribution in [3.05, 3.63) is 0 Å². The molecule has 2 saturated heterocycles. The number of rotatable bonds is 5. The van der Waals surface area contributed by atoms with E-state index in [1.807, 2.05) is 0 Å². The van der Waals surface area contributed by atoms with Crippen molar-refractivity contribution in [2.75, 3.05) is 32.8 Å². The largest absolute Gasteiger partial charge is 0.377 e. The van der Waals surface area contributed by atoms with Crippen LogP contribution in [0.2, 0.25) is 0 Å². The summed E-state index contributed by atoms with van der Waals surface area (Å²) >= 11 is 0. The Bertz CT molecular complexity index is 231. The highest BCUT2D eigenvalue weighted by atomic mass is 16.5. The molecule has 0 spiro atoms. The van der Waals surface area contributed by atoms with Crippen molar-refractivity contribution in [1.82, 2.24) is 10.2 Å². The van der Waals surface area contributed by atoms with E-state index in [2.05, 4.69) is 31.0 Å². The van der Waals surface area contributed by atoms with Crippen LogP contribution in [0, 0.1) is 11.8 Å². The van der Waals surface area contributed by atoms with Crippen LogP contribution in [0.15, 0.2) is 0 Å². The molecule has 0 aliphatic carbocycles. The van der Waals surface area contributed by atoms with Gasteiger partial charge in [-0.15, -0.1) is 0 Å². The van der Waals surface area contributed by atoms with Crippen molar-refractivity contribution in [1.29, 1.82) is 0 Å². The van der Waals surface area contributed by atoms with E-state index >= 15 is 0 Å². The van der Waals surface area contributed by atoms with Crippen LogP contribution < -0.4 is 5.32 Å². The lowest BCUT2D eigenvalue weighted by Gasteiger charge is -2.39. The van der Waals surface area contributed by atoms with E-state index in [9.17, 15) is 0 Å². The third-order valence-electron chi connectivity index (χ3n) is 4.36. The molecule has 0 bridgehead atoms. The summed E-state index contributed by atoms with van der Waals surface area (Å²) in [6.45, 7) is 12.8. The molecule has 1 N–H and O–H groups in total. The average molecular weight is 254 g/mol. The standard InChI is InChI=1S/C15H30N2O/c1-12-7-13(2)11-17(10-12)14(3)8-16-9-15-5-4-6-18-15/h12-16H,4-11H2,1-3H3. The maximum Gasteiger partial charge on any atom is 0.0700 e. The Morgan fingerprint density at radius 1 is 1.28 bits per heavy atom. The van der Waals surface area contributed by atoms with Gasteiger partial charge in [-0.3, -0.25) is 4.90 Å². The molecular weight excluding hydrogens is 224 g/mol. The normalized spacial score (nSPS) is 35.8.